The first kappa shape index (κ1) is 11.9. The van der Waals surface area contributed by atoms with Crippen molar-refractivity contribution in [3.05, 3.63) is 35.7 Å². The molecule has 4 nitrogen and oxygen atoms in total. The summed E-state index contributed by atoms with van der Waals surface area (Å²) < 4.78 is 5.38. The Morgan fingerprint density at radius 1 is 1.26 bits per heavy atom. The molecule has 1 aromatic heterocycles. The second-order valence-electron chi connectivity index (χ2n) is 4.93. The average Bonchev–Trinajstić information content (AvgIpc) is 3.11. The third kappa shape index (κ3) is 2.37. The van der Waals surface area contributed by atoms with E-state index < -0.39 is 0 Å². The Labute approximate surface area is 112 Å². The van der Waals surface area contributed by atoms with Gasteiger partial charge in [0.05, 0.1) is 12.5 Å². The highest BCUT2D eigenvalue weighted by Gasteiger charge is 2.23. The van der Waals surface area contributed by atoms with Gasteiger partial charge in [-0.3, -0.25) is 0 Å². The fraction of sp³-hybridized carbons (Fsp3) is 0.400. The normalized spacial score (nSPS) is 15.5. The molecule has 1 aliphatic rings. The van der Waals surface area contributed by atoms with Gasteiger partial charge in [0.1, 0.15) is 0 Å². The van der Waals surface area contributed by atoms with Crippen LogP contribution in [0.4, 0.5) is 0 Å². The second-order valence-corrected chi connectivity index (χ2v) is 4.93. The van der Waals surface area contributed by atoms with E-state index in [9.17, 15) is 0 Å². The minimum atomic E-state index is 0.358. The molecule has 1 saturated carbocycles. The van der Waals surface area contributed by atoms with Gasteiger partial charge in [0.25, 0.3) is 5.89 Å². The average molecular weight is 253 g/mol. The Bertz CT molecular complexity index is 606. The lowest BCUT2D eigenvalue weighted by molar-refractivity contribution is 0.415. The van der Waals surface area contributed by atoms with Gasteiger partial charge in [-0.15, -0.1) is 0 Å². The summed E-state index contributed by atoms with van der Waals surface area (Å²) in [5.41, 5.74) is 1.81. The first-order chi connectivity index (χ1) is 9.38. The van der Waals surface area contributed by atoms with Crippen LogP contribution in [0, 0.1) is 11.3 Å². The van der Waals surface area contributed by atoms with Crippen molar-refractivity contribution in [3.8, 4) is 17.5 Å². The van der Waals surface area contributed by atoms with Crippen molar-refractivity contribution in [2.75, 3.05) is 0 Å². The summed E-state index contributed by atoms with van der Waals surface area (Å²) in [5.74, 6) is 1.80. The molecule has 0 unspecified atom stereocenters. The minimum absolute atomic E-state index is 0.358. The number of hydrogen-bond acceptors (Lipinski definition) is 4. The van der Waals surface area contributed by atoms with E-state index in [0.29, 0.717) is 18.2 Å². The Kier molecular flexibility index (Phi) is 3.28. The molecule has 1 aromatic carbocycles. The summed E-state index contributed by atoms with van der Waals surface area (Å²) in [5, 5.41) is 13.0. The van der Waals surface area contributed by atoms with Gasteiger partial charge < -0.3 is 4.52 Å². The topological polar surface area (TPSA) is 62.7 Å². The maximum absolute atomic E-state index is 8.85. The van der Waals surface area contributed by atoms with Crippen LogP contribution in [0.3, 0.4) is 0 Å². The van der Waals surface area contributed by atoms with Crippen molar-refractivity contribution in [1.29, 1.82) is 5.26 Å². The van der Waals surface area contributed by atoms with E-state index >= 15 is 0 Å². The van der Waals surface area contributed by atoms with Crippen LogP contribution in [0.2, 0.25) is 0 Å². The van der Waals surface area contributed by atoms with E-state index in [0.717, 1.165) is 29.8 Å². The number of benzene rings is 1. The highest BCUT2D eigenvalue weighted by Crippen LogP contribution is 2.33. The SMILES string of the molecule is N#CCc1ccccc1-c1nc(C2CCCC2)no1. The maximum atomic E-state index is 8.85. The summed E-state index contributed by atoms with van der Waals surface area (Å²) in [6.45, 7) is 0. The summed E-state index contributed by atoms with van der Waals surface area (Å²) in [6, 6.07) is 9.87. The third-order valence-electron chi connectivity index (χ3n) is 3.68. The highest BCUT2D eigenvalue weighted by molar-refractivity contribution is 5.59. The van der Waals surface area contributed by atoms with Gasteiger partial charge in [-0.05, 0) is 24.5 Å². The molecule has 1 aliphatic carbocycles. The van der Waals surface area contributed by atoms with E-state index in [1.807, 2.05) is 24.3 Å². The van der Waals surface area contributed by atoms with Crippen LogP contribution in [-0.4, -0.2) is 10.1 Å². The lowest BCUT2D eigenvalue weighted by atomic mass is 10.0. The Morgan fingerprint density at radius 3 is 2.84 bits per heavy atom. The molecule has 4 heteroatoms. The molecule has 0 saturated heterocycles. The smallest absolute Gasteiger partial charge is 0.258 e. The van der Waals surface area contributed by atoms with Gasteiger partial charge in [-0.2, -0.15) is 10.2 Å². The number of rotatable bonds is 3. The van der Waals surface area contributed by atoms with Gasteiger partial charge in [-0.25, -0.2) is 0 Å². The highest BCUT2D eigenvalue weighted by atomic mass is 16.5. The molecule has 0 atom stereocenters. The van der Waals surface area contributed by atoms with Crippen LogP contribution in [0.5, 0.6) is 0 Å². The lowest BCUT2D eigenvalue weighted by Gasteiger charge is -2.01. The molecule has 2 aromatic rings. The first-order valence-electron chi connectivity index (χ1n) is 6.67. The van der Waals surface area contributed by atoms with E-state index in [2.05, 4.69) is 16.2 Å². The van der Waals surface area contributed by atoms with Crippen molar-refractivity contribution < 1.29 is 4.52 Å². The van der Waals surface area contributed by atoms with Crippen molar-refractivity contribution in [1.82, 2.24) is 10.1 Å². The third-order valence-corrected chi connectivity index (χ3v) is 3.68. The first-order valence-corrected chi connectivity index (χ1v) is 6.67. The van der Waals surface area contributed by atoms with Crippen LogP contribution in [0.15, 0.2) is 28.8 Å². The zero-order valence-electron chi connectivity index (χ0n) is 10.7. The molecular formula is C15H15N3O. The van der Waals surface area contributed by atoms with Crippen molar-refractivity contribution in [2.24, 2.45) is 0 Å². The van der Waals surface area contributed by atoms with Gasteiger partial charge in [0, 0.05) is 11.5 Å². The van der Waals surface area contributed by atoms with E-state index in [1.165, 1.54) is 12.8 Å². The monoisotopic (exact) mass is 253 g/mol. The van der Waals surface area contributed by atoms with Gasteiger partial charge in [0.2, 0.25) is 0 Å². The van der Waals surface area contributed by atoms with E-state index in [4.69, 9.17) is 9.78 Å². The molecule has 0 spiro atoms. The Balaban J connectivity index is 1.92. The van der Waals surface area contributed by atoms with Gasteiger partial charge in [0.15, 0.2) is 5.82 Å². The van der Waals surface area contributed by atoms with Crippen LogP contribution >= 0.6 is 0 Å². The van der Waals surface area contributed by atoms with Crippen LogP contribution in [0.25, 0.3) is 11.5 Å². The minimum Gasteiger partial charge on any atom is -0.334 e. The largest absolute Gasteiger partial charge is 0.334 e. The number of nitrogens with zero attached hydrogens (tertiary/aromatic N) is 3. The van der Waals surface area contributed by atoms with Crippen LogP contribution in [-0.2, 0) is 6.42 Å². The number of hydrogen-bond donors (Lipinski definition) is 0. The zero-order chi connectivity index (χ0) is 13.1. The molecule has 0 N–H and O–H groups in total. The summed E-state index contributed by atoms with van der Waals surface area (Å²) in [7, 11) is 0. The summed E-state index contributed by atoms with van der Waals surface area (Å²) >= 11 is 0. The second kappa shape index (κ2) is 5.23. The fourth-order valence-electron chi connectivity index (χ4n) is 2.66. The Morgan fingerprint density at radius 2 is 2.05 bits per heavy atom. The summed E-state index contributed by atoms with van der Waals surface area (Å²) in [4.78, 5) is 4.52. The van der Waals surface area contributed by atoms with Crippen LogP contribution in [0.1, 0.15) is 43.0 Å². The molecule has 1 heterocycles. The van der Waals surface area contributed by atoms with E-state index in [1.54, 1.807) is 0 Å². The van der Waals surface area contributed by atoms with Crippen molar-refractivity contribution in [2.45, 2.75) is 38.0 Å². The quantitative estimate of drug-likeness (QED) is 0.840. The fourth-order valence-corrected chi connectivity index (χ4v) is 2.66. The van der Waals surface area contributed by atoms with Gasteiger partial charge >= 0.3 is 0 Å². The molecule has 0 radical (unpaired) electrons. The summed E-state index contributed by atoms with van der Waals surface area (Å²) in [6.07, 6.45) is 5.16. The molecule has 1 fully saturated rings. The predicted octanol–water partition coefficient (Wildman–Crippen LogP) is 3.46. The molecular weight excluding hydrogens is 238 g/mol. The maximum Gasteiger partial charge on any atom is 0.258 e. The molecule has 3 rings (SSSR count). The van der Waals surface area contributed by atoms with E-state index in [-0.39, 0.29) is 0 Å². The van der Waals surface area contributed by atoms with Crippen LogP contribution < -0.4 is 0 Å². The molecule has 96 valence electrons. The van der Waals surface area contributed by atoms with Crippen molar-refractivity contribution >= 4 is 0 Å². The van der Waals surface area contributed by atoms with Gasteiger partial charge in [-0.1, -0.05) is 36.2 Å². The standard InChI is InChI=1S/C15H15N3O/c16-10-9-11-5-3-4-8-13(11)15-17-14(18-19-15)12-6-1-2-7-12/h3-5,8,12H,1-2,6-7,9H2. The zero-order valence-corrected chi connectivity index (χ0v) is 10.7. The number of nitriles is 1. The molecule has 0 amide bonds. The Hall–Kier alpha value is -2.15. The molecule has 19 heavy (non-hydrogen) atoms. The molecule has 0 aliphatic heterocycles. The number of aromatic nitrogens is 2. The lowest BCUT2D eigenvalue weighted by Crippen LogP contribution is -1.95. The van der Waals surface area contributed by atoms with Crippen molar-refractivity contribution in [3.63, 3.8) is 0 Å². The predicted molar refractivity (Wildman–Crippen MR) is 70.3 cm³/mol. The molecule has 0 bridgehead atoms.